The van der Waals surface area contributed by atoms with Gasteiger partial charge in [-0.1, -0.05) is 18.5 Å². The summed E-state index contributed by atoms with van der Waals surface area (Å²) in [5, 5.41) is 0.187. The molecular weight excluding hydrogens is 368 g/mol. The van der Waals surface area contributed by atoms with Crippen LogP contribution >= 0.6 is 11.6 Å². The first-order valence-corrected chi connectivity index (χ1v) is 9.10. The summed E-state index contributed by atoms with van der Waals surface area (Å²) in [7, 11) is 0. The maximum atomic E-state index is 6.08. The highest BCUT2D eigenvalue weighted by Crippen LogP contribution is 2.33. The summed E-state index contributed by atoms with van der Waals surface area (Å²) in [5.74, 6) is 1.39. The van der Waals surface area contributed by atoms with Crippen molar-refractivity contribution < 1.29 is 4.74 Å². The van der Waals surface area contributed by atoms with Crippen molar-refractivity contribution in [2.75, 3.05) is 36.0 Å². The van der Waals surface area contributed by atoms with Gasteiger partial charge in [-0.25, -0.2) is 15.0 Å². The van der Waals surface area contributed by atoms with E-state index >= 15 is 0 Å². The lowest BCUT2D eigenvalue weighted by molar-refractivity contribution is 0.209. The number of pyridine rings is 1. The predicted molar refractivity (Wildman–Crippen MR) is 106 cm³/mol. The number of hydrogen-bond donors (Lipinski definition) is 4. The van der Waals surface area contributed by atoms with E-state index in [1.54, 1.807) is 12.3 Å². The topological polar surface area (TPSA) is 155 Å². The molecule has 1 saturated heterocycles. The Bertz CT molecular complexity index is 810. The molecule has 10 heteroatoms. The number of ether oxygens (including phenoxy) is 1. The number of halogens is 1. The molecule has 0 bridgehead atoms. The van der Waals surface area contributed by atoms with Gasteiger partial charge in [0.15, 0.2) is 12.0 Å². The standard InChI is InChI=1S/C17H25ClN8O/c1-17(9-19)3-6-26(7-4-17)11-8-24-13(15(21)25-11)16(22)27-10-2-5-23-14(20)12(10)18/h2,5,8,16H,3-4,6-7,9,19,22H2,1H3,(H2,20,23)(H2,21,25). The van der Waals surface area contributed by atoms with Crippen LogP contribution < -0.4 is 32.6 Å². The molecule has 0 aromatic carbocycles. The number of nitrogens with two attached hydrogens (primary N) is 4. The third-order valence-corrected chi connectivity index (χ3v) is 5.39. The van der Waals surface area contributed by atoms with Gasteiger partial charge in [0.05, 0.1) is 6.20 Å². The van der Waals surface area contributed by atoms with E-state index < -0.39 is 6.23 Å². The maximum absolute atomic E-state index is 6.08. The monoisotopic (exact) mass is 392 g/mol. The van der Waals surface area contributed by atoms with Crippen LogP contribution in [-0.2, 0) is 0 Å². The molecule has 1 fully saturated rings. The lowest BCUT2D eigenvalue weighted by atomic mass is 9.80. The summed E-state index contributed by atoms with van der Waals surface area (Å²) < 4.78 is 5.64. The van der Waals surface area contributed by atoms with Gasteiger partial charge in [0.1, 0.15) is 28.1 Å². The smallest absolute Gasteiger partial charge is 0.194 e. The van der Waals surface area contributed by atoms with Crippen LogP contribution in [0.5, 0.6) is 5.75 Å². The van der Waals surface area contributed by atoms with Gasteiger partial charge in [-0.3, -0.25) is 5.73 Å². The molecule has 0 amide bonds. The van der Waals surface area contributed by atoms with Gasteiger partial charge in [0.25, 0.3) is 0 Å². The fourth-order valence-corrected chi connectivity index (χ4v) is 3.14. The molecule has 27 heavy (non-hydrogen) atoms. The van der Waals surface area contributed by atoms with Crippen molar-refractivity contribution in [1.29, 1.82) is 0 Å². The van der Waals surface area contributed by atoms with Crippen molar-refractivity contribution in [3.05, 3.63) is 29.2 Å². The molecule has 1 atom stereocenters. The van der Waals surface area contributed by atoms with Gasteiger partial charge in [-0.05, 0) is 24.8 Å². The van der Waals surface area contributed by atoms with Gasteiger partial charge in [0.2, 0.25) is 0 Å². The molecule has 146 valence electrons. The quantitative estimate of drug-likeness (QED) is 0.550. The molecule has 0 spiro atoms. The maximum Gasteiger partial charge on any atom is 0.194 e. The highest BCUT2D eigenvalue weighted by molar-refractivity contribution is 6.34. The number of aromatic nitrogens is 3. The Morgan fingerprint density at radius 2 is 1.96 bits per heavy atom. The van der Waals surface area contributed by atoms with Crippen LogP contribution in [0.15, 0.2) is 18.5 Å². The molecule has 0 aliphatic carbocycles. The molecule has 9 nitrogen and oxygen atoms in total. The van der Waals surface area contributed by atoms with Gasteiger partial charge >= 0.3 is 0 Å². The Labute approximate surface area is 163 Å². The summed E-state index contributed by atoms with van der Waals surface area (Å²) in [6.45, 7) is 4.61. The first-order valence-electron chi connectivity index (χ1n) is 8.72. The van der Waals surface area contributed by atoms with Crippen LogP contribution in [-0.4, -0.2) is 34.6 Å². The van der Waals surface area contributed by atoms with E-state index in [1.807, 2.05) is 0 Å². The minimum absolute atomic E-state index is 0.158. The summed E-state index contributed by atoms with van der Waals surface area (Å²) in [4.78, 5) is 14.8. The van der Waals surface area contributed by atoms with Crippen molar-refractivity contribution in [3.8, 4) is 5.75 Å². The van der Waals surface area contributed by atoms with Gasteiger partial charge < -0.3 is 26.8 Å². The van der Waals surface area contributed by atoms with E-state index in [1.165, 1.54) is 6.20 Å². The van der Waals surface area contributed by atoms with E-state index in [0.717, 1.165) is 25.9 Å². The van der Waals surface area contributed by atoms with Gasteiger partial charge in [-0.2, -0.15) is 0 Å². The predicted octanol–water partition coefficient (Wildman–Crippen LogP) is 1.29. The molecule has 8 N–H and O–H groups in total. The minimum Gasteiger partial charge on any atom is -0.468 e. The Morgan fingerprint density at radius 3 is 2.59 bits per heavy atom. The second-order valence-electron chi connectivity index (χ2n) is 7.05. The fraction of sp³-hybridized carbons (Fsp3) is 0.471. The second kappa shape index (κ2) is 7.71. The zero-order chi connectivity index (χ0) is 19.6. The average Bonchev–Trinajstić information content (AvgIpc) is 2.66. The van der Waals surface area contributed by atoms with Crippen molar-refractivity contribution in [1.82, 2.24) is 15.0 Å². The van der Waals surface area contributed by atoms with Crippen LogP contribution in [0.3, 0.4) is 0 Å². The molecular formula is C17H25ClN8O. The van der Waals surface area contributed by atoms with Crippen molar-refractivity contribution in [2.24, 2.45) is 16.9 Å². The first kappa shape index (κ1) is 19.4. The SMILES string of the molecule is CC1(CN)CCN(c2cnc(C(N)Oc3ccnc(N)c3Cl)c(N)n2)CC1. The summed E-state index contributed by atoms with van der Waals surface area (Å²) >= 11 is 6.08. The summed E-state index contributed by atoms with van der Waals surface area (Å²) in [5.41, 5.74) is 24.2. The molecule has 3 rings (SSSR count). The molecule has 1 unspecified atom stereocenters. The number of anilines is 3. The van der Waals surface area contributed by atoms with Crippen molar-refractivity contribution in [2.45, 2.75) is 26.0 Å². The minimum atomic E-state index is -0.937. The lowest BCUT2D eigenvalue weighted by Gasteiger charge is -2.39. The number of rotatable bonds is 5. The molecule has 3 heterocycles. The van der Waals surface area contributed by atoms with Crippen molar-refractivity contribution in [3.63, 3.8) is 0 Å². The Kier molecular flexibility index (Phi) is 5.54. The summed E-state index contributed by atoms with van der Waals surface area (Å²) in [6.07, 6.45) is 4.19. The Hall–Kier alpha value is -2.36. The normalized spacial score (nSPS) is 17.6. The molecule has 1 aliphatic rings. The van der Waals surface area contributed by atoms with Crippen LogP contribution in [0.2, 0.25) is 5.02 Å². The fourth-order valence-electron chi connectivity index (χ4n) is 2.98. The zero-order valence-corrected chi connectivity index (χ0v) is 16.0. The van der Waals surface area contributed by atoms with E-state index in [9.17, 15) is 0 Å². The van der Waals surface area contributed by atoms with Crippen LogP contribution in [0.1, 0.15) is 31.7 Å². The molecule has 2 aromatic rings. The summed E-state index contributed by atoms with van der Waals surface area (Å²) in [6, 6.07) is 1.57. The highest BCUT2D eigenvalue weighted by Gasteiger charge is 2.29. The van der Waals surface area contributed by atoms with E-state index in [4.69, 9.17) is 39.3 Å². The molecule has 1 aliphatic heterocycles. The third-order valence-electron chi connectivity index (χ3n) is 5.01. The van der Waals surface area contributed by atoms with Gasteiger partial charge in [0, 0.05) is 25.4 Å². The zero-order valence-electron chi connectivity index (χ0n) is 15.2. The Morgan fingerprint density at radius 1 is 1.26 bits per heavy atom. The van der Waals surface area contributed by atoms with E-state index in [0.29, 0.717) is 23.8 Å². The Balaban J connectivity index is 1.72. The second-order valence-corrected chi connectivity index (χ2v) is 7.43. The van der Waals surface area contributed by atoms with Crippen LogP contribution in [0, 0.1) is 5.41 Å². The van der Waals surface area contributed by atoms with Crippen LogP contribution in [0.4, 0.5) is 17.5 Å². The number of nitrogens with zero attached hydrogens (tertiary/aromatic N) is 4. The van der Waals surface area contributed by atoms with E-state index in [-0.39, 0.29) is 22.1 Å². The van der Waals surface area contributed by atoms with Crippen molar-refractivity contribution >= 4 is 29.1 Å². The molecule has 0 saturated carbocycles. The highest BCUT2D eigenvalue weighted by atomic mass is 35.5. The number of nitrogen functional groups attached to an aromatic ring is 2. The average molecular weight is 393 g/mol. The molecule has 0 radical (unpaired) electrons. The number of piperidine rings is 1. The first-order chi connectivity index (χ1) is 12.8. The number of hydrogen-bond acceptors (Lipinski definition) is 9. The third kappa shape index (κ3) is 4.15. The molecule has 2 aromatic heterocycles. The lowest BCUT2D eigenvalue weighted by Crippen LogP contribution is -2.42. The van der Waals surface area contributed by atoms with E-state index in [2.05, 4.69) is 26.8 Å². The largest absolute Gasteiger partial charge is 0.468 e. The van der Waals surface area contributed by atoms with Crippen LogP contribution in [0.25, 0.3) is 0 Å². The van der Waals surface area contributed by atoms with Gasteiger partial charge in [-0.15, -0.1) is 0 Å².